The van der Waals surface area contributed by atoms with Crippen molar-refractivity contribution in [3.8, 4) is 0 Å². The number of ether oxygens (including phenoxy) is 1. The molecule has 1 aliphatic rings. The maximum atomic E-state index is 5.86. The summed E-state index contributed by atoms with van der Waals surface area (Å²) in [5.74, 6) is 0. The lowest BCUT2D eigenvalue weighted by atomic mass is 9.96. The summed E-state index contributed by atoms with van der Waals surface area (Å²) in [5, 5.41) is 3.35. The van der Waals surface area contributed by atoms with Crippen molar-refractivity contribution in [2.45, 2.75) is 32.0 Å². The van der Waals surface area contributed by atoms with Gasteiger partial charge in [0.05, 0.1) is 35.8 Å². The average Bonchev–Trinajstić information content (AvgIpc) is 2.69. The first-order chi connectivity index (χ1) is 6.79. The van der Waals surface area contributed by atoms with Crippen LogP contribution in [-0.4, -0.2) is 27.4 Å². The van der Waals surface area contributed by atoms with Crippen LogP contribution < -0.4 is 5.32 Å². The molecule has 0 bridgehead atoms. The highest BCUT2D eigenvalue weighted by atomic mass is 32.1. The smallest absolute Gasteiger partial charge is 0.1000 e. The van der Waals surface area contributed by atoms with E-state index in [9.17, 15) is 0 Å². The number of hydrogen-bond donors (Lipinski definition) is 1. The van der Waals surface area contributed by atoms with E-state index < -0.39 is 0 Å². The molecule has 5 heteroatoms. The molecule has 1 fully saturated rings. The lowest BCUT2D eigenvalue weighted by Crippen LogP contribution is -2.45. The summed E-state index contributed by atoms with van der Waals surface area (Å²) in [6.45, 7) is 4.77. The monoisotopic (exact) mass is 213 g/mol. The molecule has 1 aliphatic heterocycles. The fraction of sp³-hybridized carbons (Fsp3) is 0.778. The van der Waals surface area contributed by atoms with E-state index in [4.69, 9.17) is 4.74 Å². The van der Waals surface area contributed by atoms with Gasteiger partial charge in [0.15, 0.2) is 0 Å². The van der Waals surface area contributed by atoms with E-state index in [2.05, 4.69) is 21.0 Å². The van der Waals surface area contributed by atoms with E-state index in [-0.39, 0.29) is 5.60 Å². The third-order valence-electron chi connectivity index (χ3n) is 2.53. The second kappa shape index (κ2) is 4.33. The molecule has 2 heterocycles. The molecule has 1 aromatic rings. The first kappa shape index (κ1) is 10.0. The maximum absolute atomic E-state index is 5.86. The topological polar surface area (TPSA) is 47.0 Å². The van der Waals surface area contributed by atoms with E-state index >= 15 is 0 Å². The van der Waals surface area contributed by atoms with E-state index in [1.54, 1.807) is 6.20 Å². The van der Waals surface area contributed by atoms with Gasteiger partial charge < -0.3 is 10.1 Å². The Morgan fingerprint density at radius 1 is 1.71 bits per heavy atom. The highest BCUT2D eigenvalue weighted by Crippen LogP contribution is 2.21. The van der Waals surface area contributed by atoms with Crippen molar-refractivity contribution in [1.29, 1.82) is 0 Å². The first-order valence-corrected chi connectivity index (χ1v) is 5.63. The summed E-state index contributed by atoms with van der Waals surface area (Å²) in [7, 11) is 0. The molecule has 2 rings (SSSR count). The van der Waals surface area contributed by atoms with Gasteiger partial charge in [0, 0.05) is 6.54 Å². The molecule has 78 valence electrons. The maximum Gasteiger partial charge on any atom is 0.1000 e. The van der Waals surface area contributed by atoms with Gasteiger partial charge in [-0.3, -0.25) is 0 Å². The van der Waals surface area contributed by atoms with Crippen molar-refractivity contribution in [2.75, 3.05) is 13.1 Å². The van der Waals surface area contributed by atoms with Crippen molar-refractivity contribution in [1.82, 2.24) is 14.1 Å². The van der Waals surface area contributed by atoms with Gasteiger partial charge in [-0.05, 0) is 26.3 Å². The van der Waals surface area contributed by atoms with Gasteiger partial charge in [-0.1, -0.05) is 0 Å². The molecule has 1 aromatic heterocycles. The third kappa shape index (κ3) is 2.50. The van der Waals surface area contributed by atoms with Crippen molar-refractivity contribution in [2.24, 2.45) is 0 Å². The summed E-state index contributed by atoms with van der Waals surface area (Å²) in [6.07, 6.45) is 4.08. The predicted molar refractivity (Wildman–Crippen MR) is 55.2 cm³/mol. The van der Waals surface area contributed by atoms with Crippen LogP contribution in [0, 0.1) is 0 Å². The molecule has 0 radical (unpaired) electrons. The van der Waals surface area contributed by atoms with Gasteiger partial charge >= 0.3 is 0 Å². The highest BCUT2D eigenvalue weighted by molar-refractivity contribution is 6.99. The van der Waals surface area contributed by atoms with Gasteiger partial charge in [0.2, 0.25) is 0 Å². The van der Waals surface area contributed by atoms with Crippen molar-refractivity contribution in [3.05, 3.63) is 11.9 Å². The van der Waals surface area contributed by atoms with Crippen LogP contribution in [0.2, 0.25) is 0 Å². The molecule has 1 atom stereocenters. The molecule has 14 heavy (non-hydrogen) atoms. The highest BCUT2D eigenvalue weighted by Gasteiger charge is 2.27. The van der Waals surface area contributed by atoms with Crippen LogP contribution in [0.5, 0.6) is 0 Å². The number of hydrogen-bond acceptors (Lipinski definition) is 5. The van der Waals surface area contributed by atoms with Crippen LogP contribution in [0.25, 0.3) is 0 Å². The summed E-state index contributed by atoms with van der Waals surface area (Å²) in [6, 6.07) is 0. The summed E-state index contributed by atoms with van der Waals surface area (Å²) in [4.78, 5) is 0. The minimum absolute atomic E-state index is 0.0259. The van der Waals surface area contributed by atoms with Crippen LogP contribution >= 0.6 is 11.7 Å². The molecular formula is C9H15N3OS. The molecule has 1 unspecified atom stereocenters. The molecule has 0 spiro atoms. The van der Waals surface area contributed by atoms with Gasteiger partial charge in [0.1, 0.15) is 0 Å². The zero-order valence-corrected chi connectivity index (χ0v) is 9.14. The van der Waals surface area contributed by atoms with Crippen molar-refractivity contribution < 1.29 is 4.74 Å². The minimum atomic E-state index is -0.0259. The van der Waals surface area contributed by atoms with Gasteiger partial charge in [0.25, 0.3) is 0 Å². The SMILES string of the molecule is CC1(OCc2cnsn2)CCCNC1. The average molecular weight is 213 g/mol. The number of nitrogens with zero attached hydrogens (tertiary/aromatic N) is 2. The Kier molecular flexibility index (Phi) is 3.10. The summed E-state index contributed by atoms with van der Waals surface area (Å²) < 4.78 is 13.9. The van der Waals surface area contributed by atoms with Gasteiger partial charge in [-0.15, -0.1) is 0 Å². The summed E-state index contributed by atoms with van der Waals surface area (Å²) >= 11 is 1.23. The van der Waals surface area contributed by atoms with Gasteiger partial charge in [-0.2, -0.15) is 8.75 Å². The van der Waals surface area contributed by atoms with Crippen molar-refractivity contribution in [3.63, 3.8) is 0 Å². The molecule has 0 amide bonds. The van der Waals surface area contributed by atoms with E-state index in [1.165, 1.54) is 18.1 Å². The Morgan fingerprint density at radius 3 is 3.29 bits per heavy atom. The standard InChI is InChI=1S/C9H15N3OS/c1-9(3-2-4-10-7-9)13-6-8-5-11-14-12-8/h5,10H,2-4,6-7H2,1H3. The molecule has 0 saturated carbocycles. The van der Waals surface area contributed by atoms with E-state index in [0.29, 0.717) is 6.61 Å². The fourth-order valence-corrected chi connectivity index (χ4v) is 2.07. The Labute approximate surface area is 88.0 Å². The molecule has 1 N–H and O–H groups in total. The fourth-order valence-electron chi connectivity index (χ4n) is 1.65. The second-order valence-electron chi connectivity index (χ2n) is 3.92. The Balaban J connectivity index is 1.84. The second-order valence-corrected chi connectivity index (χ2v) is 4.47. The normalized spacial score (nSPS) is 27.8. The molecular weight excluding hydrogens is 198 g/mol. The Hall–Kier alpha value is -0.520. The molecule has 4 nitrogen and oxygen atoms in total. The van der Waals surface area contributed by atoms with Crippen LogP contribution in [0.4, 0.5) is 0 Å². The van der Waals surface area contributed by atoms with Crippen LogP contribution in [0.3, 0.4) is 0 Å². The Bertz CT molecular complexity index is 270. The molecule has 0 aromatic carbocycles. The lowest BCUT2D eigenvalue weighted by Gasteiger charge is -2.33. The lowest BCUT2D eigenvalue weighted by molar-refractivity contribution is -0.0581. The first-order valence-electron chi connectivity index (χ1n) is 4.90. The summed E-state index contributed by atoms with van der Waals surface area (Å²) in [5.41, 5.74) is 0.906. The van der Waals surface area contributed by atoms with Gasteiger partial charge in [-0.25, -0.2) is 0 Å². The van der Waals surface area contributed by atoms with Crippen molar-refractivity contribution >= 4 is 11.7 Å². The largest absolute Gasteiger partial charge is 0.368 e. The minimum Gasteiger partial charge on any atom is -0.368 e. The predicted octanol–water partition coefficient (Wildman–Crippen LogP) is 1.20. The number of aromatic nitrogens is 2. The number of piperidine rings is 1. The zero-order chi connectivity index (χ0) is 9.86. The zero-order valence-electron chi connectivity index (χ0n) is 8.32. The van der Waals surface area contributed by atoms with E-state index in [0.717, 1.165) is 25.2 Å². The number of rotatable bonds is 3. The number of nitrogens with one attached hydrogen (secondary N) is 1. The third-order valence-corrected chi connectivity index (χ3v) is 3.05. The van der Waals surface area contributed by atoms with E-state index in [1.807, 2.05) is 0 Å². The Morgan fingerprint density at radius 2 is 2.64 bits per heavy atom. The molecule has 1 saturated heterocycles. The molecule has 0 aliphatic carbocycles. The quantitative estimate of drug-likeness (QED) is 0.819. The van der Waals surface area contributed by atoms with Crippen LogP contribution in [-0.2, 0) is 11.3 Å². The van der Waals surface area contributed by atoms with Crippen LogP contribution in [0.1, 0.15) is 25.5 Å². The van der Waals surface area contributed by atoms with Crippen LogP contribution in [0.15, 0.2) is 6.20 Å².